The number of nitriles is 1. The third-order valence-electron chi connectivity index (χ3n) is 3.75. The molecule has 1 aromatic heterocycles. The molecule has 0 saturated heterocycles. The van der Waals surface area contributed by atoms with Gasteiger partial charge in [-0.1, -0.05) is 26.0 Å². The highest BCUT2D eigenvalue weighted by Gasteiger charge is 2.35. The summed E-state index contributed by atoms with van der Waals surface area (Å²) in [5.41, 5.74) is 8.66. The summed E-state index contributed by atoms with van der Waals surface area (Å²) in [6, 6.07) is 8.92. The van der Waals surface area contributed by atoms with E-state index in [1.807, 2.05) is 19.9 Å². The van der Waals surface area contributed by atoms with E-state index in [-0.39, 0.29) is 17.6 Å². The van der Waals surface area contributed by atoms with Gasteiger partial charge in [0.25, 0.3) is 0 Å². The first-order valence-electron chi connectivity index (χ1n) is 6.97. The highest BCUT2D eigenvalue weighted by atomic mass is 16.5. The zero-order valence-electron chi connectivity index (χ0n) is 12.3. The van der Waals surface area contributed by atoms with Crippen LogP contribution in [0.5, 0.6) is 11.6 Å². The molecular formula is C16H16N4O2. The summed E-state index contributed by atoms with van der Waals surface area (Å²) in [6.45, 7) is 4.06. The number of aromatic hydroxyl groups is 1. The van der Waals surface area contributed by atoms with E-state index in [2.05, 4.69) is 16.3 Å². The predicted molar refractivity (Wildman–Crippen MR) is 80.1 cm³/mol. The molecule has 4 N–H and O–H groups in total. The largest absolute Gasteiger partial charge is 0.508 e. The van der Waals surface area contributed by atoms with Gasteiger partial charge >= 0.3 is 0 Å². The van der Waals surface area contributed by atoms with Crippen molar-refractivity contribution in [1.29, 1.82) is 5.26 Å². The molecule has 6 heteroatoms. The first-order chi connectivity index (χ1) is 10.5. The molecule has 1 aromatic carbocycles. The topological polar surface area (TPSA) is 108 Å². The minimum absolute atomic E-state index is 0.0464. The van der Waals surface area contributed by atoms with Gasteiger partial charge in [-0.15, -0.1) is 5.10 Å². The van der Waals surface area contributed by atoms with E-state index < -0.39 is 5.92 Å². The number of H-pyrrole nitrogens is 1. The van der Waals surface area contributed by atoms with E-state index in [0.29, 0.717) is 11.5 Å². The molecule has 2 aromatic rings. The molecule has 1 aliphatic rings. The number of rotatable bonds is 2. The second kappa shape index (κ2) is 5.11. The number of nitrogens with two attached hydrogens (primary N) is 1. The number of fused-ring (bicyclic) bond motifs is 1. The minimum Gasteiger partial charge on any atom is -0.508 e. The van der Waals surface area contributed by atoms with Gasteiger partial charge in [-0.3, -0.25) is 5.10 Å². The lowest BCUT2D eigenvalue weighted by Gasteiger charge is -2.24. The van der Waals surface area contributed by atoms with Crippen molar-refractivity contribution >= 4 is 0 Å². The van der Waals surface area contributed by atoms with Crippen molar-refractivity contribution in [3.8, 4) is 17.7 Å². The molecule has 1 aliphatic heterocycles. The number of aromatic nitrogens is 2. The Hall–Kier alpha value is -2.94. The molecule has 6 nitrogen and oxygen atoms in total. The van der Waals surface area contributed by atoms with Gasteiger partial charge in [0, 0.05) is 5.69 Å². The molecule has 0 aliphatic carbocycles. The lowest BCUT2D eigenvalue weighted by atomic mass is 9.82. The Labute approximate surface area is 127 Å². The average molecular weight is 296 g/mol. The molecule has 0 radical (unpaired) electrons. The van der Waals surface area contributed by atoms with Gasteiger partial charge in [0.1, 0.15) is 17.4 Å². The van der Waals surface area contributed by atoms with E-state index in [4.69, 9.17) is 10.5 Å². The molecule has 3 rings (SSSR count). The third kappa shape index (κ3) is 2.07. The summed E-state index contributed by atoms with van der Waals surface area (Å²) in [7, 11) is 0. The molecule has 0 saturated carbocycles. The normalized spacial score (nSPS) is 17.1. The smallest absolute Gasteiger partial charge is 0.244 e. The second-order valence-electron chi connectivity index (χ2n) is 5.53. The van der Waals surface area contributed by atoms with Crippen LogP contribution >= 0.6 is 0 Å². The highest BCUT2D eigenvalue weighted by molar-refractivity contribution is 5.56. The van der Waals surface area contributed by atoms with E-state index in [9.17, 15) is 10.4 Å². The Morgan fingerprint density at radius 2 is 2.23 bits per heavy atom. The number of aromatic amines is 1. The Morgan fingerprint density at radius 1 is 1.45 bits per heavy atom. The van der Waals surface area contributed by atoms with Crippen molar-refractivity contribution < 1.29 is 9.84 Å². The van der Waals surface area contributed by atoms with Crippen LogP contribution in [-0.4, -0.2) is 15.3 Å². The molecule has 0 fully saturated rings. The highest BCUT2D eigenvalue weighted by Crippen LogP contribution is 2.44. The first kappa shape index (κ1) is 14.0. The van der Waals surface area contributed by atoms with Crippen LogP contribution < -0.4 is 10.5 Å². The summed E-state index contributed by atoms with van der Waals surface area (Å²) in [4.78, 5) is 0. The number of phenolic OH excluding ortho intramolecular Hbond substituents is 1. The minimum atomic E-state index is -0.406. The molecule has 0 unspecified atom stereocenters. The Balaban J connectivity index is 2.26. The third-order valence-corrected chi connectivity index (χ3v) is 3.75. The Morgan fingerprint density at radius 3 is 2.86 bits per heavy atom. The zero-order valence-corrected chi connectivity index (χ0v) is 12.3. The number of nitrogens with one attached hydrogen (secondary N) is 1. The number of phenols is 1. The van der Waals surface area contributed by atoms with Gasteiger partial charge in [-0.25, -0.2) is 0 Å². The fourth-order valence-corrected chi connectivity index (χ4v) is 2.75. The van der Waals surface area contributed by atoms with Crippen LogP contribution in [0.25, 0.3) is 0 Å². The Bertz CT molecular complexity index is 799. The van der Waals surface area contributed by atoms with Crippen molar-refractivity contribution in [2.75, 3.05) is 0 Å². The van der Waals surface area contributed by atoms with Crippen LogP contribution in [-0.2, 0) is 0 Å². The van der Waals surface area contributed by atoms with Gasteiger partial charge < -0.3 is 15.6 Å². The summed E-state index contributed by atoms with van der Waals surface area (Å²) in [6.07, 6.45) is 0. The lowest BCUT2D eigenvalue weighted by molar-refractivity contribution is 0.378. The van der Waals surface area contributed by atoms with Crippen molar-refractivity contribution in [3.05, 3.63) is 52.5 Å². The Kier molecular flexibility index (Phi) is 3.26. The van der Waals surface area contributed by atoms with E-state index in [1.165, 1.54) is 0 Å². The van der Waals surface area contributed by atoms with Crippen LogP contribution in [0.3, 0.4) is 0 Å². The quantitative estimate of drug-likeness (QED) is 0.789. The number of hydrogen-bond donors (Lipinski definition) is 3. The molecule has 0 bridgehead atoms. The molecule has 112 valence electrons. The SMILES string of the molecule is CC(C)c1[nH]nc2c1[C@H](c1cccc(O)c1)C(C#N)=C(N)O2. The summed E-state index contributed by atoms with van der Waals surface area (Å²) in [5.74, 6) is 0.339. The monoisotopic (exact) mass is 296 g/mol. The van der Waals surface area contributed by atoms with Crippen molar-refractivity contribution in [2.45, 2.75) is 25.7 Å². The fraction of sp³-hybridized carbons (Fsp3) is 0.250. The van der Waals surface area contributed by atoms with E-state index >= 15 is 0 Å². The molecule has 1 atom stereocenters. The average Bonchev–Trinajstić information content (AvgIpc) is 2.89. The molecule has 2 heterocycles. The molecular weight excluding hydrogens is 280 g/mol. The molecule has 0 spiro atoms. The van der Waals surface area contributed by atoms with Crippen molar-refractivity contribution in [1.82, 2.24) is 10.2 Å². The number of benzene rings is 1. The van der Waals surface area contributed by atoms with Gasteiger partial charge in [0.05, 0.1) is 11.5 Å². The van der Waals surface area contributed by atoms with Gasteiger partial charge in [0.2, 0.25) is 11.8 Å². The van der Waals surface area contributed by atoms with E-state index in [1.54, 1.807) is 18.2 Å². The van der Waals surface area contributed by atoms with Gasteiger partial charge in [-0.05, 0) is 23.6 Å². The molecule has 22 heavy (non-hydrogen) atoms. The van der Waals surface area contributed by atoms with Crippen LogP contribution in [0.15, 0.2) is 35.7 Å². The second-order valence-corrected chi connectivity index (χ2v) is 5.53. The number of allylic oxidation sites excluding steroid dienone is 1. The molecule has 0 amide bonds. The van der Waals surface area contributed by atoms with E-state index in [0.717, 1.165) is 16.8 Å². The van der Waals surface area contributed by atoms with Crippen LogP contribution in [0.4, 0.5) is 0 Å². The van der Waals surface area contributed by atoms with Crippen LogP contribution in [0, 0.1) is 11.3 Å². The summed E-state index contributed by atoms with van der Waals surface area (Å²) in [5, 5.41) is 26.4. The van der Waals surface area contributed by atoms with Crippen LogP contribution in [0.1, 0.15) is 42.5 Å². The maximum absolute atomic E-state index is 9.76. The van der Waals surface area contributed by atoms with Crippen molar-refractivity contribution in [2.24, 2.45) is 5.73 Å². The van der Waals surface area contributed by atoms with Crippen molar-refractivity contribution in [3.63, 3.8) is 0 Å². The number of nitrogens with zero attached hydrogens (tertiary/aromatic N) is 2. The first-order valence-corrected chi connectivity index (χ1v) is 6.97. The maximum atomic E-state index is 9.76. The maximum Gasteiger partial charge on any atom is 0.244 e. The summed E-state index contributed by atoms with van der Waals surface area (Å²) >= 11 is 0. The summed E-state index contributed by atoms with van der Waals surface area (Å²) < 4.78 is 5.48. The standard InChI is InChI=1S/C16H16N4O2/c1-8(2)14-13-12(9-4-3-5-10(21)6-9)11(7-17)15(18)22-16(13)20-19-14/h3-6,8,12,21H,18H2,1-2H3,(H,19,20)/t12-/m1/s1. The van der Waals surface area contributed by atoms with Crippen LogP contribution in [0.2, 0.25) is 0 Å². The van der Waals surface area contributed by atoms with Gasteiger partial charge in [-0.2, -0.15) is 5.26 Å². The predicted octanol–water partition coefficient (Wildman–Crippen LogP) is 2.46. The lowest BCUT2D eigenvalue weighted by Crippen LogP contribution is -2.21. The number of hydrogen-bond acceptors (Lipinski definition) is 5. The number of ether oxygens (including phenoxy) is 1. The fourth-order valence-electron chi connectivity index (χ4n) is 2.75. The van der Waals surface area contributed by atoms with Gasteiger partial charge in [0.15, 0.2) is 0 Å². The zero-order chi connectivity index (χ0) is 15.9.